The van der Waals surface area contributed by atoms with E-state index in [2.05, 4.69) is 35.4 Å². The number of benzene rings is 2. The van der Waals surface area contributed by atoms with Crippen LogP contribution in [0, 0.1) is 13.8 Å². The van der Waals surface area contributed by atoms with E-state index in [1.54, 1.807) is 0 Å². The van der Waals surface area contributed by atoms with Gasteiger partial charge < -0.3 is 14.4 Å². The third kappa shape index (κ3) is 5.10. The van der Waals surface area contributed by atoms with Crippen molar-refractivity contribution in [3.8, 4) is 0 Å². The zero-order chi connectivity index (χ0) is 26.9. The van der Waals surface area contributed by atoms with E-state index in [1.807, 2.05) is 35.2 Å². The van der Waals surface area contributed by atoms with Gasteiger partial charge in [0.1, 0.15) is 12.4 Å². The Labute approximate surface area is 232 Å². The van der Waals surface area contributed by atoms with E-state index in [0.29, 0.717) is 31.6 Å². The van der Waals surface area contributed by atoms with Crippen molar-refractivity contribution < 1.29 is 9.59 Å². The van der Waals surface area contributed by atoms with Gasteiger partial charge in [-0.05, 0) is 68.9 Å². The fourth-order valence-electron chi connectivity index (χ4n) is 7.35. The van der Waals surface area contributed by atoms with Crippen LogP contribution in [0.3, 0.4) is 0 Å². The van der Waals surface area contributed by atoms with Gasteiger partial charge in [0.15, 0.2) is 0 Å². The summed E-state index contributed by atoms with van der Waals surface area (Å²) in [6.45, 7) is 5.07. The summed E-state index contributed by atoms with van der Waals surface area (Å²) >= 11 is 0. The van der Waals surface area contributed by atoms with Crippen LogP contribution in [0.5, 0.6) is 0 Å². The number of hydrogen-bond donors (Lipinski definition) is 0. The monoisotopic (exact) mass is 526 g/mol. The summed E-state index contributed by atoms with van der Waals surface area (Å²) in [6, 6.07) is 15.0. The lowest BCUT2D eigenvalue weighted by molar-refractivity contribution is -0.138. The Kier molecular flexibility index (Phi) is 7.46. The first kappa shape index (κ1) is 26.1. The van der Waals surface area contributed by atoms with Crippen molar-refractivity contribution >= 4 is 28.5 Å². The number of imidazole rings is 1. The summed E-state index contributed by atoms with van der Waals surface area (Å²) < 4.78 is 2.14. The topological polar surface area (TPSA) is 58.4 Å². The second-order valence-electron chi connectivity index (χ2n) is 12.1. The van der Waals surface area contributed by atoms with Crippen molar-refractivity contribution in [2.75, 3.05) is 11.4 Å². The molecular weight excluding hydrogens is 484 g/mol. The van der Waals surface area contributed by atoms with Crippen LogP contribution < -0.4 is 4.90 Å². The number of aryl methyl sites for hydroxylation is 1. The van der Waals surface area contributed by atoms with Crippen LogP contribution in [0.4, 0.5) is 5.69 Å². The van der Waals surface area contributed by atoms with Gasteiger partial charge in [-0.2, -0.15) is 0 Å². The van der Waals surface area contributed by atoms with E-state index in [9.17, 15) is 9.59 Å². The normalized spacial score (nSPS) is 21.1. The molecule has 0 spiro atoms. The fraction of sp³-hybridized carbons (Fsp3) is 0.545. The van der Waals surface area contributed by atoms with Crippen molar-refractivity contribution in [2.24, 2.45) is 0 Å². The Morgan fingerprint density at radius 2 is 1.56 bits per heavy atom. The molecule has 3 aliphatic rings. The van der Waals surface area contributed by atoms with Crippen LogP contribution >= 0.6 is 0 Å². The van der Waals surface area contributed by atoms with Gasteiger partial charge in [-0.3, -0.25) is 9.59 Å². The maximum absolute atomic E-state index is 14.3. The third-order valence-corrected chi connectivity index (χ3v) is 9.56. The lowest BCUT2D eigenvalue weighted by Crippen LogP contribution is -2.50. The minimum atomic E-state index is -0.0459. The molecule has 2 saturated carbocycles. The van der Waals surface area contributed by atoms with Crippen LogP contribution in [-0.2, 0) is 16.1 Å². The van der Waals surface area contributed by atoms with Crippen molar-refractivity contribution in [1.82, 2.24) is 14.5 Å². The molecule has 6 heteroatoms. The maximum Gasteiger partial charge on any atom is 0.243 e. The molecule has 3 aromatic rings. The van der Waals surface area contributed by atoms with Gasteiger partial charge in [0.05, 0.1) is 11.0 Å². The Morgan fingerprint density at radius 3 is 2.26 bits per heavy atom. The highest BCUT2D eigenvalue weighted by Crippen LogP contribution is 2.36. The standard InChI is InChI=1S/C33H42N4O2/c1-23-12-11-19-29(24(23)2)35-21-25(20-31(35)38)33-34-28-17-9-10-18-30(28)36(33)22-32(39)37(26-13-5-3-6-14-26)27-15-7-4-8-16-27/h9-12,17-19,25-27H,3-8,13-16,20-22H2,1-2H3. The number of para-hydroxylation sites is 2. The van der Waals surface area contributed by atoms with E-state index < -0.39 is 0 Å². The van der Waals surface area contributed by atoms with Crippen LogP contribution in [-0.4, -0.2) is 44.9 Å². The molecule has 2 aromatic carbocycles. The first-order valence-corrected chi connectivity index (χ1v) is 15.1. The maximum atomic E-state index is 14.3. The molecule has 206 valence electrons. The number of anilines is 1. The zero-order valence-electron chi connectivity index (χ0n) is 23.6. The minimum absolute atomic E-state index is 0.0459. The van der Waals surface area contributed by atoms with E-state index in [0.717, 1.165) is 53.8 Å². The van der Waals surface area contributed by atoms with Gasteiger partial charge >= 0.3 is 0 Å². The number of nitrogens with zero attached hydrogens (tertiary/aromatic N) is 4. The van der Waals surface area contributed by atoms with Crippen molar-refractivity contribution in [3.63, 3.8) is 0 Å². The lowest BCUT2D eigenvalue weighted by atomic mass is 9.88. The van der Waals surface area contributed by atoms with E-state index in [-0.39, 0.29) is 17.7 Å². The highest BCUT2D eigenvalue weighted by atomic mass is 16.2. The molecule has 39 heavy (non-hydrogen) atoms. The molecule has 1 atom stereocenters. The molecule has 1 saturated heterocycles. The number of fused-ring (bicyclic) bond motifs is 1. The van der Waals surface area contributed by atoms with Gasteiger partial charge in [-0.1, -0.05) is 62.8 Å². The molecule has 3 fully saturated rings. The number of carbonyl (C=O) groups excluding carboxylic acids is 2. The molecule has 1 aliphatic heterocycles. The first-order valence-electron chi connectivity index (χ1n) is 15.1. The van der Waals surface area contributed by atoms with Gasteiger partial charge in [-0.25, -0.2) is 4.98 Å². The Balaban J connectivity index is 1.32. The second kappa shape index (κ2) is 11.1. The minimum Gasteiger partial charge on any atom is -0.335 e. The quantitative estimate of drug-likeness (QED) is 0.361. The van der Waals surface area contributed by atoms with Crippen molar-refractivity contribution in [2.45, 2.75) is 109 Å². The fourth-order valence-corrected chi connectivity index (χ4v) is 7.35. The van der Waals surface area contributed by atoms with E-state index in [4.69, 9.17) is 4.98 Å². The molecule has 2 amide bonds. The Hall–Kier alpha value is -3.15. The predicted molar refractivity (Wildman–Crippen MR) is 156 cm³/mol. The number of aromatic nitrogens is 2. The molecule has 6 nitrogen and oxygen atoms in total. The molecule has 1 unspecified atom stereocenters. The molecular formula is C33H42N4O2. The summed E-state index contributed by atoms with van der Waals surface area (Å²) in [5, 5.41) is 0. The smallest absolute Gasteiger partial charge is 0.243 e. The van der Waals surface area contributed by atoms with E-state index in [1.165, 1.54) is 44.1 Å². The molecule has 2 heterocycles. The SMILES string of the molecule is Cc1cccc(N2CC(c3nc4ccccc4n3CC(=O)N(C3CCCCC3)C3CCCCC3)CC2=O)c1C. The largest absolute Gasteiger partial charge is 0.335 e. The predicted octanol–water partition coefficient (Wildman–Crippen LogP) is 6.67. The summed E-state index contributed by atoms with van der Waals surface area (Å²) in [5.74, 6) is 1.19. The average molecular weight is 527 g/mol. The van der Waals surface area contributed by atoms with Gasteiger partial charge in [-0.15, -0.1) is 0 Å². The summed E-state index contributed by atoms with van der Waals surface area (Å²) in [5.41, 5.74) is 5.21. The van der Waals surface area contributed by atoms with Gasteiger partial charge in [0.25, 0.3) is 0 Å². The van der Waals surface area contributed by atoms with Crippen molar-refractivity contribution in [1.29, 1.82) is 0 Å². The number of hydrogen-bond acceptors (Lipinski definition) is 3. The van der Waals surface area contributed by atoms with E-state index >= 15 is 0 Å². The van der Waals surface area contributed by atoms with Gasteiger partial charge in [0.2, 0.25) is 11.8 Å². The highest BCUT2D eigenvalue weighted by molar-refractivity contribution is 5.97. The summed E-state index contributed by atoms with van der Waals surface area (Å²) in [7, 11) is 0. The molecule has 0 bridgehead atoms. The number of rotatable bonds is 6. The molecule has 1 aromatic heterocycles. The summed E-state index contributed by atoms with van der Waals surface area (Å²) in [4.78, 5) is 36.8. The Bertz CT molecular complexity index is 1330. The lowest BCUT2D eigenvalue weighted by Gasteiger charge is -2.42. The van der Waals surface area contributed by atoms with Crippen LogP contribution in [0.15, 0.2) is 42.5 Å². The number of carbonyl (C=O) groups is 2. The first-order chi connectivity index (χ1) is 19.0. The van der Waals surface area contributed by atoms with Crippen molar-refractivity contribution in [3.05, 3.63) is 59.4 Å². The van der Waals surface area contributed by atoms with Crippen LogP contribution in [0.25, 0.3) is 11.0 Å². The second-order valence-corrected chi connectivity index (χ2v) is 12.1. The van der Waals surface area contributed by atoms with Crippen LogP contribution in [0.1, 0.15) is 93.5 Å². The molecule has 0 radical (unpaired) electrons. The molecule has 2 aliphatic carbocycles. The van der Waals surface area contributed by atoms with Crippen LogP contribution in [0.2, 0.25) is 0 Å². The number of amides is 2. The molecule has 6 rings (SSSR count). The van der Waals surface area contributed by atoms with Gasteiger partial charge in [0, 0.05) is 36.7 Å². The molecule has 0 N–H and O–H groups in total. The third-order valence-electron chi connectivity index (χ3n) is 9.56. The highest BCUT2D eigenvalue weighted by Gasteiger charge is 2.37. The Morgan fingerprint density at radius 1 is 0.897 bits per heavy atom. The average Bonchev–Trinajstić information content (AvgIpc) is 3.52. The zero-order valence-corrected chi connectivity index (χ0v) is 23.6. The summed E-state index contributed by atoms with van der Waals surface area (Å²) in [6.07, 6.45) is 12.4.